The van der Waals surface area contributed by atoms with Crippen molar-refractivity contribution >= 4 is 11.7 Å². The summed E-state index contributed by atoms with van der Waals surface area (Å²) in [7, 11) is 0. The SMILES string of the molecule is CC(=O)C1NC2(C(=O)NCc3ccc(C)cc3)CC3CN(CC(C)C)C(C31)C2Cc1ccccc1. The topological polar surface area (TPSA) is 61.4 Å². The van der Waals surface area contributed by atoms with Crippen LogP contribution in [0, 0.1) is 30.6 Å². The van der Waals surface area contributed by atoms with E-state index >= 15 is 0 Å². The van der Waals surface area contributed by atoms with Crippen molar-refractivity contribution in [3.63, 3.8) is 0 Å². The Morgan fingerprint density at radius 3 is 2.46 bits per heavy atom. The minimum Gasteiger partial charge on any atom is -0.350 e. The zero-order chi connectivity index (χ0) is 24.7. The lowest BCUT2D eigenvalue weighted by atomic mass is 9.55. The van der Waals surface area contributed by atoms with E-state index in [1.807, 2.05) is 6.07 Å². The number of nitrogens with one attached hydrogen (secondary N) is 2. The molecule has 5 nitrogen and oxygen atoms in total. The van der Waals surface area contributed by atoms with Crippen molar-refractivity contribution in [2.45, 2.75) is 64.7 Å². The van der Waals surface area contributed by atoms with Crippen LogP contribution < -0.4 is 10.6 Å². The molecule has 2 aromatic carbocycles. The maximum Gasteiger partial charge on any atom is 0.240 e. The van der Waals surface area contributed by atoms with Gasteiger partial charge < -0.3 is 5.32 Å². The Morgan fingerprint density at radius 2 is 1.80 bits per heavy atom. The zero-order valence-corrected chi connectivity index (χ0v) is 21.5. The van der Waals surface area contributed by atoms with Crippen LogP contribution in [0.4, 0.5) is 0 Å². The fourth-order valence-corrected chi connectivity index (χ4v) is 7.23. The lowest BCUT2D eigenvalue weighted by molar-refractivity contribution is -0.146. The highest BCUT2D eigenvalue weighted by Crippen LogP contribution is 2.55. The highest BCUT2D eigenvalue weighted by atomic mass is 16.2. The quantitative estimate of drug-likeness (QED) is 0.613. The van der Waals surface area contributed by atoms with Gasteiger partial charge in [0.25, 0.3) is 0 Å². The Bertz CT molecular complexity index is 1070. The Hall–Kier alpha value is -2.50. The van der Waals surface area contributed by atoms with E-state index in [-0.39, 0.29) is 35.6 Å². The van der Waals surface area contributed by atoms with Gasteiger partial charge in [0.15, 0.2) is 0 Å². The van der Waals surface area contributed by atoms with Crippen molar-refractivity contribution in [3.05, 3.63) is 71.3 Å². The van der Waals surface area contributed by atoms with Gasteiger partial charge in [-0.05, 0) is 49.7 Å². The molecule has 4 aliphatic rings. The van der Waals surface area contributed by atoms with E-state index in [0.29, 0.717) is 18.4 Å². The monoisotopic (exact) mass is 473 g/mol. The van der Waals surface area contributed by atoms with Crippen molar-refractivity contribution < 1.29 is 9.59 Å². The van der Waals surface area contributed by atoms with Gasteiger partial charge in [-0.3, -0.25) is 19.8 Å². The van der Waals surface area contributed by atoms with E-state index in [4.69, 9.17) is 0 Å². The molecule has 0 radical (unpaired) electrons. The molecule has 3 heterocycles. The van der Waals surface area contributed by atoms with Crippen LogP contribution in [-0.4, -0.2) is 47.3 Å². The molecule has 5 heteroatoms. The van der Waals surface area contributed by atoms with Crippen molar-refractivity contribution in [1.82, 2.24) is 15.5 Å². The van der Waals surface area contributed by atoms with Crippen LogP contribution in [0.25, 0.3) is 0 Å². The number of rotatable bonds is 8. The number of fused-ring (bicyclic) bond motifs is 1. The second kappa shape index (κ2) is 9.51. The summed E-state index contributed by atoms with van der Waals surface area (Å²) in [6.07, 6.45) is 1.63. The molecule has 4 bridgehead atoms. The van der Waals surface area contributed by atoms with Gasteiger partial charge in [-0.1, -0.05) is 74.0 Å². The van der Waals surface area contributed by atoms with Crippen LogP contribution in [0.1, 0.15) is 43.9 Å². The number of likely N-dealkylation sites (tertiary alicyclic amines) is 1. The first-order valence-electron chi connectivity index (χ1n) is 13.2. The summed E-state index contributed by atoms with van der Waals surface area (Å²) in [5, 5.41) is 6.94. The number of hydrogen-bond acceptors (Lipinski definition) is 4. The molecule has 1 aliphatic carbocycles. The molecule has 35 heavy (non-hydrogen) atoms. The summed E-state index contributed by atoms with van der Waals surface area (Å²) < 4.78 is 0. The van der Waals surface area contributed by atoms with E-state index in [0.717, 1.165) is 31.5 Å². The third kappa shape index (κ3) is 4.45. The third-order valence-electron chi connectivity index (χ3n) is 8.57. The second-order valence-corrected chi connectivity index (χ2v) is 11.5. The Morgan fingerprint density at radius 1 is 1.09 bits per heavy atom. The highest BCUT2D eigenvalue weighted by Gasteiger charge is 2.68. The van der Waals surface area contributed by atoms with E-state index in [2.05, 4.69) is 84.8 Å². The van der Waals surface area contributed by atoms with Gasteiger partial charge in [0, 0.05) is 37.5 Å². The average Bonchev–Trinajstić information content (AvgIpc) is 3.13. The summed E-state index contributed by atoms with van der Waals surface area (Å²) in [5.74, 6) is 1.49. The van der Waals surface area contributed by atoms with Crippen LogP contribution in [-0.2, 0) is 22.6 Å². The normalized spacial score (nSPS) is 31.6. The number of amides is 1. The lowest BCUT2D eigenvalue weighted by Crippen LogP contribution is -2.78. The van der Waals surface area contributed by atoms with E-state index in [1.165, 1.54) is 11.1 Å². The molecule has 6 rings (SSSR count). The molecule has 4 fully saturated rings. The largest absolute Gasteiger partial charge is 0.350 e. The number of ketones is 1. The van der Waals surface area contributed by atoms with Crippen molar-refractivity contribution in [2.75, 3.05) is 13.1 Å². The maximum atomic E-state index is 14.1. The first-order valence-corrected chi connectivity index (χ1v) is 13.2. The fourth-order valence-electron chi connectivity index (χ4n) is 7.23. The van der Waals surface area contributed by atoms with Crippen molar-refractivity contribution in [2.24, 2.45) is 23.7 Å². The predicted octanol–water partition coefficient (Wildman–Crippen LogP) is 3.75. The number of carbonyl (C=O) groups excluding carboxylic acids is 2. The summed E-state index contributed by atoms with van der Waals surface area (Å²) in [4.78, 5) is 29.6. The number of benzene rings is 2. The highest BCUT2D eigenvalue weighted by molar-refractivity contribution is 5.91. The number of aryl methyl sites for hydroxylation is 1. The van der Waals surface area contributed by atoms with Gasteiger partial charge in [-0.2, -0.15) is 0 Å². The van der Waals surface area contributed by atoms with Crippen LogP contribution in [0.5, 0.6) is 0 Å². The third-order valence-corrected chi connectivity index (χ3v) is 8.57. The molecule has 3 aliphatic heterocycles. The number of Topliss-reactive ketones (excluding diaryl/α,β-unsaturated/α-hetero) is 1. The molecule has 6 unspecified atom stereocenters. The molecular weight excluding hydrogens is 434 g/mol. The van der Waals surface area contributed by atoms with Crippen LogP contribution in [0.2, 0.25) is 0 Å². The maximum absolute atomic E-state index is 14.1. The van der Waals surface area contributed by atoms with Crippen molar-refractivity contribution in [1.29, 1.82) is 0 Å². The molecule has 6 atom stereocenters. The Kier molecular flexibility index (Phi) is 6.58. The van der Waals surface area contributed by atoms with E-state index < -0.39 is 5.54 Å². The predicted molar refractivity (Wildman–Crippen MR) is 139 cm³/mol. The second-order valence-electron chi connectivity index (χ2n) is 11.5. The molecular formula is C30H39N3O2. The number of piperidine rings is 2. The minimum absolute atomic E-state index is 0.0461. The first-order chi connectivity index (χ1) is 16.8. The van der Waals surface area contributed by atoms with Gasteiger partial charge in [0.05, 0.1) is 6.04 Å². The molecule has 3 saturated heterocycles. The Labute approximate surface area is 209 Å². The smallest absolute Gasteiger partial charge is 0.240 e. The minimum atomic E-state index is -0.743. The lowest BCUT2D eigenvalue weighted by Gasteiger charge is -2.59. The summed E-state index contributed by atoms with van der Waals surface area (Å²) in [5.41, 5.74) is 2.81. The van der Waals surface area contributed by atoms with Crippen molar-refractivity contribution in [3.8, 4) is 0 Å². The molecule has 0 spiro atoms. The van der Waals surface area contributed by atoms with Gasteiger partial charge in [0.2, 0.25) is 5.91 Å². The van der Waals surface area contributed by atoms with E-state index in [1.54, 1.807) is 6.92 Å². The van der Waals surface area contributed by atoms with E-state index in [9.17, 15) is 9.59 Å². The molecule has 2 N–H and O–H groups in total. The molecule has 186 valence electrons. The number of nitrogens with zero attached hydrogens (tertiary/aromatic N) is 1. The summed E-state index contributed by atoms with van der Waals surface area (Å²) in [6, 6.07) is 18.8. The first kappa shape index (κ1) is 24.2. The number of hydrogen-bond donors (Lipinski definition) is 2. The zero-order valence-electron chi connectivity index (χ0n) is 21.5. The molecule has 1 saturated carbocycles. The van der Waals surface area contributed by atoms with Crippen LogP contribution in [0.3, 0.4) is 0 Å². The van der Waals surface area contributed by atoms with Gasteiger partial charge in [-0.25, -0.2) is 0 Å². The van der Waals surface area contributed by atoms with Crippen LogP contribution >= 0.6 is 0 Å². The average molecular weight is 474 g/mol. The fraction of sp³-hybridized carbons (Fsp3) is 0.533. The molecule has 1 amide bonds. The molecule has 0 aromatic heterocycles. The Balaban J connectivity index is 1.50. The summed E-state index contributed by atoms with van der Waals surface area (Å²) >= 11 is 0. The molecule has 2 aromatic rings. The van der Waals surface area contributed by atoms with Crippen LogP contribution in [0.15, 0.2) is 54.6 Å². The number of carbonyl (C=O) groups is 2. The summed E-state index contributed by atoms with van der Waals surface area (Å²) in [6.45, 7) is 10.8. The van der Waals surface area contributed by atoms with Gasteiger partial charge >= 0.3 is 0 Å². The van der Waals surface area contributed by atoms with Gasteiger partial charge in [-0.15, -0.1) is 0 Å². The van der Waals surface area contributed by atoms with Gasteiger partial charge in [0.1, 0.15) is 11.3 Å². The standard InChI is InChI=1S/C30H39N3O2/c1-19(2)17-33-18-24-15-30(29(35)31-16-23-12-10-20(3)11-13-23)25(14-22-8-6-5-7-9-22)28(33)26(24)27(32-30)21(4)34/h5-13,19,24-28,32H,14-18H2,1-4H3,(H,31,35).